The Morgan fingerprint density at radius 1 is 1.21 bits per heavy atom. The van der Waals surface area contributed by atoms with E-state index in [-0.39, 0.29) is 6.54 Å². The molecule has 1 aromatic carbocycles. The second kappa shape index (κ2) is 9.25. The van der Waals surface area contributed by atoms with Crippen molar-refractivity contribution >= 4 is 23.3 Å². The normalized spacial score (nSPS) is 12.1. The lowest BCUT2D eigenvalue weighted by Crippen LogP contribution is -2.44. The summed E-state index contributed by atoms with van der Waals surface area (Å²) in [5, 5.41) is 12.3. The van der Waals surface area contributed by atoms with Crippen LogP contribution < -0.4 is 11.1 Å². The van der Waals surface area contributed by atoms with Crippen LogP contribution in [0.15, 0.2) is 52.3 Å². The Balaban J connectivity index is 1.88. The summed E-state index contributed by atoms with van der Waals surface area (Å²) in [5.74, 6) is 0.342. The largest absolute Gasteiger partial charge is 0.419 e. The van der Waals surface area contributed by atoms with Crippen LogP contribution in [0.1, 0.15) is 30.8 Å². The number of imide groups is 1. The molecule has 3 rings (SSSR count). The maximum Gasteiger partial charge on any atom is 0.318 e. The Morgan fingerprint density at radius 3 is 2.64 bits per heavy atom. The molecule has 8 nitrogen and oxygen atoms in total. The van der Waals surface area contributed by atoms with Crippen LogP contribution in [-0.2, 0) is 11.3 Å². The van der Waals surface area contributed by atoms with Crippen LogP contribution in [0.2, 0.25) is 0 Å². The van der Waals surface area contributed by atoms with Crippen molar-refractivity contribution in [1.29, 1.82) is 0 Å². The van der Waals surface area contributed by atoms with Crippen molar-refractivity contribution in [1.82, 2.24) is 20.4 Å². The van der Waals surface area contributed by atoms with Crippen LogP contribution in [0.25, 0.3) is 10.8 Å². The number of hydrogen-bond donors (Lipinski definition) is 2. The summed E-state index contributed by atoms with van der Waals surface area (Å²) < 4.78 is 5.77. The van der Waals surface area contributed by atoms with Crippen molar-refractivity contribution in [2.45, 2.75) is 25.9 Å². The molecule has 0 bridgehead atoms. The Morgan fingerprint density at radius 2 is 2.00 bits per heavy atom. The minimum absolute atomic E-state index is 0.262. The van der Waals surface area contributed by atoms with E-state index in [1.807, 2.05) is 59.7 Å². The van der Waals surface area contributed by atoms with Crippen LogP contribution in [-0.4, -0.2) is 33.6 Å². The van der Waals surface area contributed by atoms with E-state index >= 15 is 0 Å². The van der Waals surface area contributed by atoms with Crippen LogP contribution in [0, 0.1) is 0 Å². The number of primary amides is 1. The fourth-order valence-corrected chi connectivity index (χ4v) is 3.58. The number of rotatable bonds is 8. The van der Waals surface area contributed by atoms with Gasteiger partial charge in [-0.1, -0.05) is 43.3 Å². The first-order valence-electron chi connectivity index (χ1n) is 8.84. The van der Waals surface area contributed by atoms with E-state index in [4.69, 9.17) is 10.2 Å². The lowest BCUT2D eigenvalue weighted by Gasteiger charge is -2.29. The highest BCUT2D eigenvalue weighted by molar-refractivity contribution is 7.13. The number of thiophene rings is 1. The first kappa shape index (κ1) is 19.7. The summed E-state index contributed by atoms with van der Waals surface area (Å²) in [6.07, 6.45) is 0.791. The number of nitrogens with two attached hydrogens (primary N) is 1. The summed E-state index contributed by atoms with van der Waals surface area (Å²) in [7, 11) is 0. The maximum absolute atomic E-state index is 12.7. The first-order chi connectivity index (χ1) is 13.6. The molecule has 0 radical (unpaired) electrons. The standard InChI is InChI=1S/C19H21N5O3S/c1-2-10-24(12-15-22-23-18(27-15)14-9-6-11-28-14)16(17(25)21-19(20)26)13-7-4-3-5-8-13/h3-9,11,16H,2,10,12H2,1H3,(H3,20,21,25,26)/t16-/m1/s1. The lowest BCUT2D eigenvalue weighted by molar-refractivity contribution is -0.126. The van der Waals surface area contributed by atoms with E-state index in [1.165, 1.54) is 11.3 Å². The van der Waals surface area contributed by atoms with Gasteiger partial charge in [-0.05, 0) is 30.0 Å². The van der Waals surface area contributed by atoms with Gasteiger partial charge in [0, 0.05) is 0 Å². The van der Waals surface area contributed by atoms with Gasteiger partial charge in [-0.3, -0.25) is 15.0 Å². The van der Waals surface area contributed by atoms with Crippen molar-refractivity contribution in [3.05, 3.63) is 59.3 Å². The molecule has 0 aliphatic carbocycles. The molecular formula is C19H21N5O3S. The molecule has 0 unspecified atom stereocenters. The predicted molar refractivity (Wildman–Crippen MR) is 105 cm³/mol. The molecule has 2 heterocycles. The zero-order valence-corrected chi connectivity index (χ0v) is 16.2. The van der Waals surface area contributed by atoms with Crippen molar-refractivity contribution < 1.29 is 14.0 Å². The first-order valence-corrected chi connectivity index (χ1v) is 9.72. The van der Waals surface area contributed by atoms with Gasteiger partial charge in [0.1, 0.15) is 6.04 Å². The van der Waals surface area contributed by atoms with E-state index in [0.717, 1.165) is 16.9 Å². The summed E-state index contributed by atoms with van der Waals surface area (Å²) >= 11 is 1.51. The molecule has 0 aliphatic heterocycles. The molecule has 2 aromatic heterocycles. The van der Waals surface area contributed by atoms with Crippen molar-refractivity contribution in [2.24, 2.45) is 5.73 Å². The number of amides is 3. The predicted octanol–water partition coefficient (Wildman–Crippen LogP) is 2.95. The molecule has 0 saturated carbocycles. The van der Waals surface area contributed by atoms with Gasteiger partial charge in [0.05, 0.1) is 11.4 Å². The van der Waals surface area contributed by atoms with Crippen molar-refractivity contribution in [2.75, 3.05) is 6.54 Å². The topological polar surface area (TPSA) is 114 Å². The SMILES string of the molecule is CCCN(Cc1nnc(-c2cccs2)o1)[C@@H](C(=O)NC(N)=O)c1ccccc1. The summed E-state index contributed by atoms with van der Waals surface area (Å²) in [6.45, 7) is 2.85. The maximum atomic E-state index is 12.7. The van der Waals surface area contributed by atoms with Gasteiger partial charge < -0.3 is 10.2 Å². The Bertz CT molecular complexity index is 911. The van der Waals surface area contributed by atoms with Gasteiger partial charge in [0.2, 0.25) is 11.8 Å². The fourth-order valence-electron chi connectivity index (χ4n) is 2.93. The number of benzene rings is 1. The molecule has 0 spiro atoms. The second-order valence-corrected chi connectivity index (χ2v) is 7.06. The summed E-state index contributed by atoms with van der Waals surface area (Å²) in [4.78, 5) is 26.8. The molecule has 3 amide bonds. The lowest BCUT2D eigenvalue weighted by atomic mass is 10.0. The Hall–Kier alpha value is -3.04. The number of hydrogen-bond acceptors (Lipinski definition) is 7. The molecule has 9 heteroatoms. The minimum atomic E-state index is -0.889. The monoisotopic (exact) mass is 399 g/mol. The molecule has 0 saturated heterocycles. The van der Waals surface area contributed by atoms with Gasteiger partial charge in [0.15, 0.2) is 0 Å². The van der Waals surface area contributed by atoms with Crippen LogP contribution in [0.5, 0.6) is 0 Å². The van der Waals surface area contributed by atoms with E-state index in [1.54, 1.807) is 0 Å². The Labute approximate surface area is 166 Å². The molecule has 1 atom stereocenters. The molecular weight excluding hydrogens is 378 g/mol. The van der Waals surface area contributed by atoms with Crippen molar-refractivity contribution in [3.8, 4) is 10.8 Å². The van der Waals surface area contributed by atoms with Crippen LogP contribution >= 0.6 is 11.3 Å². The fraction of sp³-hybridized carbons (Fsp3) is 0.263. The van der Waals surface area contributed by atoms with E-state index < -0.39 is 18.0 Å². The summed E-state index contributed by atoms with van der Waals surface area (Å²) in [5.41, 5.74) is 5.91. The quantitative estimate of drug-likeness (QED) is 0.602. The highest BCUT2D eigenvalue weighted by atomic mass is 32.1. The smallest absolute Gasteiger partial charge is 0.318 e. The third kappa shape index (κ3) is 4.81. The van der Waals surface area contributed by atoms with Gasteiger partial charge >= 0.3 is 6.03 Å². The zero-order chi connectivity index (χ0) is 19.9. The van der Waals surface area contributed by atoms with E-state index in [0.29, 0.717) is 18.3 Å². The van der Waals surface area contributed by atoms with Gasteiger partial charge in [-0.2, -0.15) is 0 Å². The number of nitrogens with one attached hydrogen (secondary N) is 1. The number of carbonyl (C=O) groups is 2. The van der Waals surface area contributed by atoms with Crippen LogP contribution in [0.3, 0.4) is 0 Å². The molecule has 0 aliphatic rings. The van der Waals surface area contributed by atoms with E-state index in [9.17, 15) is 9.59 Å². The third-order valence-corrected chi connectivity index (χ3v) is 4.88. The minimum Gasteiger partial charge on any atom is -0.419 e. The Kier molecular flexibility index (Phi) is 6.51. The second-order valence-electron chi connectivity index (χ2n) is 6.12. The van der Waals surface area contributed by atoms with E-state index in [2.05, 4.69) is 15.5 Å². The molecule has 3 aromatic rings. The summed E-state index contributed by atoms with van der Waals surface area (Å²) in [6, 6.07) is 11.4. The highest BCUT2D eigenvalue weighted by Crippen LogP contribution is 2.26. The number of aromatic nitrogens is 2. The van der Waals surface area contributed by atoms with Gasteiger partial charge in [-0.25, -0.2) is 4.79 Å². The molecule has 0 fully saturated rings. The highest BCUT2D eigenvalue weighted by Gasteiger charge is 2.29. The number of nitrogens with zero attached hydrogens (tertiary/aromatic N) is 3. The number of carbonyl (C=O) groups excluding carboxylic acids is 2. The third-order valence-electron chi connectivity index (χ3n) is 4.02. The molecule has 3 N–H and O–H groups in total. The zero-order valence-electron chi connectivity index (χ0n) is 15.4. The average Bonchev–Trinajstić information content (AvgIpc) is 3.34. The molecule has 28 heavy (non-hydrogen) atoms. The molecule has 146 valence electrons. The van der Waals surface area contributed by atoms with Crippen molar-refractivity contribution in [3.63, 3.8) is 0 Å². The van der Waals surface area contributed by atoms with Gasteiger partial charge in [0.25, 0.3) is 5.89 Å². The number of urea groups is 1. The van der Waals surface area contributed by atoms with Gasteiger partial charge in [-0.15, -0.1) is 21.5 Å². The van der Waals surface area contributed by atoms with Crippen LogP contribution in [0.4, 0.5) is 4.79 Å². The average molecular weight is 399 g/mol.